The van der Waals surface area contributed by atoms with E-state index in [1.54, 1.807) is 0 Å². The van der Waals surface area contributed by atoms with E-state index in [9.17, 15) is 30.4 Å². The minimum Gasteiger partial charge on any atom is -0.507 e. The lowest BCUT2D eigenvalue weighted by Gasteiger charge is -2.07. The number of hydrogen-bond acceptors (Lipinski definition) is 7. The number of nitrogens with zero attached hydrogens (tertiary/aromatic N) is 3. The summed E-state index contributed by atoms with van der Waals surface area (Å²) >= 11 is 0. The van der Waals surface area contributed by atoms with Gasteiger partial charge in [0.1, 0.15) is 5.75 Å². The average molecular weight is 331 g/mol. The highest BCUT2D eigenvalue weighted by molar-refractivity contribution is 5.84. The van der Waals surface area contributed by atoms with E-state index in [-0.39, 0.29) is 29.2 Å². The van der Waals surface area contributed by atoms with Gasteiger partial charge in [-0.15, -0.1) is 0 Å². The van der Waals surface area contributed by atoms with Crippen molar-refractivity contribution >= 4 is 17.6 Å². The van der Waals surface area contributed by atoms with Gasteiger partial charge in [0.25, 0.3) is 11.4 Å². The molecule has 0 radical (unpaired) electrons. The third kappa shape index (κ3) is 4.11. The molecule has 124 valence electrons. The zero-order chi connectivity index (χ0) is 17.7. The van der Waals surface area contributed by atoms with Gasteiger partial charge in [0.15, 0.2) is 0 Å². The molecule has 0 aliphatic carbocycles. The number of benzene rings is 2. The van der Waals surface area contributed by atoms with Crippen LogP contribution in [0.2, 0.25) is 0 Å². The smallest absolute Gasteiger partial charge is 0.270 e. The van der Waals surface area contributed by atoms with Crippen molar-refractivity contribution in [3.8, 4) is 5.75 Å². The van der Waals surface area contributed by atoms with E-state index in [4.69, 9.17) is 0 Å². The minimum atomic E-state index is -0.997. The van der Waals surface area contributed by atoms with Gasteiger partial charge in [-0.25, -0.2) is 0 Å². The topological polar surface area (TPSA) is 139 Å². The maximum Gasteiger partial charge on any atom is 0.270 e. The molecule has 2 aromatic rings. The number of aliphatic imine (C=N–C) groups is 1. The number of non-ortho nitro benzene ring substituents is 2. The van der Waals surface area contributed by atoms with Crippen LogP contribution in [-0.4, -0.2) is 32.8 Å². The molecule has 0 heterocycles. The second kappa shape index (κ2) is 7.29. The molecule has 24 heavy (non-hydrogen) atoms. The summed E-state index contributed by atoms with van der Waals surface area (Å²) in [5, 5.41) is 40.9. The first kappa shape index (κ1) is 17.0. The largest absolute Gasteiger partial charge is 0.507 e. The molecular formula is C15H13N3O6. The molecule has 0 aliphatic heterocycles. The van der Waals surface area contributed by atoms with Crippen LogP contribution in [-0.2, 0) is 0 Å². The van der Waals surface area contributed by atoms with Crippen LogP contribution in [0.25, 0.3) is 0 Å². The zero-order valence-corrected chi connectivity index (χ0v) is 12.3. The minimum absolute atomic E-state index is 0.0695. The van der Waals surface area contributed by atoms with Gasteiger partial charge >= 0.3 is 0 Å². The van der Waals surface area contributed by atoms with Crippen molar-refractivity contribution in [1.29, 1.82) is 0 Å². The Balaban J connectivity index is 2.06. The van der Waals surface area contributed by atoms with E-state index in [1.165, 1.54) is 42.6 Å². The average Bonchev–Trinajstić information content (AvgIpc) is 2.56. The molecular weight excluding hydrogens is 318 g/mol. The summed E-state index contributed by atoms with van der Waals surface area (Å²) in [5.74, 6) is -0.172. The number of phenolic OH excluding ortho intramolecular Hbond substituents is 1. The Labute approximate surface area is 135 Å². The Morgan fingerprint density at radius 2 is 1.62 bits per heavy atom. The van der Waals surface area contributed by atoms with Gasteiger partial charge in [-0.1, -0.05) is 0 Å². The maximum absolute atomic E-state index is 10.7. The van der Waals surface area contributed by atoms with Gasteiger partial charge in [0.2, 0.25) is 0 Å². The molecule has 2 rings (SSSR count). The monoisotopic (exact) mass is 331 g/mol. The molecule has 1 atom stereocenters. The molecule has 0 amide bonds. The molecule has 2 N–H and O–H groups in total. The SMILES string of the molecule is O=[N+]([O-])c1ccc([C@H](O)CN=Cc2cc([N+](=O)[O-])ccc2O)cc1. The number of aliphatic hydroxyl groups excluding tert-OH is 1. The lowest BCUT2D eigenvalue weighted by Crippen LogP contribution is -2.02. The number of rotatable bonds is 6. The van der Waals surface area contributed by atoms with Crippen molar-refractivity contribution in [3.63, 3.8) is 0 Å². The van der Waals surface area contributed by atoms with Crippen molar-refractivity contribution in [2.45, 2.75) is 6.10 Å². The standard InChI is InChI=1S/C15H13N3O6/c19-14-6-5-13(18(23)24)7-11(14)8-16-9-15(20)10-1-3-12(4-2-10)17(21)22/h1-8,15,19-20H,9H2/t15-/m1/s1. The van der Waals surface area contributed by atoms with Crippen LogP contribution in [0.4, 0.5) is 11.4 Å². The first-order valence-corrected chi connectivity index (χ1v) is 6.78. The van der Waals surface area contributed by atoms with Gasteiger partial charge < -0.3 is 10.2 Å². The summed E-state index contributed by atoms with van der Waals surface area (Å²) in [6.07, 6.45) is 0.222. The molecule has 0 saturated carbocycles. The van der Waals surface area contributed by atoms with Gasteiger partial charge in [-0.3, -0.25) is 25.2 Å². The molecule has 0 spiro atoms. The highest BCUT2D eigenvalue weighted by atomic mass is 16.6. The van der Waals surface area contributed by atoms with Gasteiger partial charge in [-0.2, -0.15) is 0 Å². The molecule has 0 bridgehead atoms. The fourth-order valence-corrected chi connectivity index (χ4v) is 1.93. The summed E-state index contributed by atoms with van der Waals surface area (Å²) in [6, 6.07) is 8.90. The summed E-state index contributed by atoms with van der Waals surface area (Å²) in [7, 11) is 0. The lowest BCUT2D eigenvalue weighted by atomic mass is 10.1. The third-order valence-electron chi connectivity index (χ3n) is 3.22. The van der Waals surface area contributed by atoms with Crippen molar-refractivity contribution in [2.75, 3.05) is 6.54 Å². The van der Waals surface area contributed by atoms with Gasteiger partial charge in [0.05, 0.1) is 22.5 Å². The third-order valence-corrected chi connectivity index (χ3v) is 3.22. The quantitative estimate of drug-likeness (QED) is 0.473. The van der Waals surface area contributed by atoms with E-state index >= 15 is 0 Å². The van der Waals surface area contributed by atoms with Crippen molar-refractivity contribution < 1.29 is 20.1 Å². The molecule has 9 nitrogen and oxygen atoms in total. The number of hydrogen-bond donors (Lipinski definition) is 2. The number of aliphatic hydroxyl groups is 1. The molecule has 0 aliphatic rings. The Morgan fingerprint density at radius 1 is 1.04 bits per heavy atom. The summed E-state index contributed by atoms with van der Waals surface area (Å²) in [4.78, 5) is 24.1. The normalized spacial score (nSPS) is 12.2. The zero-order valence-electron chi connectivity index (χ0n) is 12.3. The molecule has 9 heteroatoms. The van der Waals surface area contributed by atoms with Crippen LogP contribution in [0.3, 0.4) is 0 Å². The first-order valence-electron chi connectivity index (χ1n) is 6.78. The van der Waals surface area contributed by atoms with Crippen molar-refractivity contribution in [3.05, 3.63) is 73.8 Å². The molecule has 0 aromatic heterocycles. The predicted octanol–water partition coefficient (Wildman–Crippen LogP) is 2.36. The van der Waals surface area contributed by atoms with Crippen molar-refractivity contribution in [2.24, 2.45) is 4.99 Å². The second-order valence-corrected chi connectivity index (χ2v) is 4.86. The fraction of sp³-hybridized carbons (Fsp3) is 0.133. The lowest BCUT2D eigenvalue weighted by molar-refractivity contribution is -0.385. The van der Waals surface area contributed by atoms with Crippen LogP contribution >= 0.6 is 0 Å². The van der Waals surface area contributed by atoms with Crippen molar-refractivity contribution in [1.82, 2.24) is 0 Å². The van der Waals surface area contributed by atoms with Crippen LogP contribution in [0.5, 0.6) is 5.75 Å². The fourth-order valence-electron chi connectivity index (χ4n) is 1.93. The van der Waals surface area contributed by atoms with Crippen LogP contribution < -0.4 is 0 Å². The van der Waals surface area contributed by atoms with E-state index in [0.29, 0.717) is 5.56 Å². The summed E-state index contributed by atoms with van der Waals surface area (Å²) < 4.78 is 0. The van der Waals surface area contributed by atoms with E-state index < -0.39 is 16.0 Å². The Hall–Kier alpha value is -3.33. The van der Waals surface area contributed by atoms with E-state index in [0.717, 1.165) is 6.07 Å². The van der Waals surface area contributed by atoms with Crippen LogP contribution in [0.1, 0.15) is 17.2 Å². The molecule has 0 saturated heterocycles. The molecule has 0 unspecified atom stereocenters. The second-order valence-electron chi connectivity index (χ2n) is 4.86. The number of nitro benzene ring substituents is 2. The van der Waals surface area contributed by atoms with Gasteiger partial charge in [-0.05, 0) is 23.8 Å². The summed E-state index contributed by atoms with van der Waals surface area (Å²) in [5.41, 5.74) is 0.322. The number of nitro groups is 2. The predicted molar refractivity (Wildman–Crippen MR) is 85.3 cm³/mol. The Bertz CT molecular complexity index is 788. The van der Waals surface area contributed by atoms with E-state index in [2.05, 4.69) is 4.99 Å². The Morgan fingerprint density at radius 3 is 2.21 bits per heavy atom. The highest BCUT2D eigenvalue weighted by Crippen LogP contribution is 2.22. The Kier molecular flexibility index (Phi) is 5.17. The van der Waals surface area contributed by atoms with Crippen LogP contribution in [0.15, 0.2) is 47.5 Å². The highest BCUT2D eigenvalue weighted by Gasteiger charge is 2.11. The number of phenols is 1. The number of aromatic hydroxyl groups is 1. The summed E-state index contributed by atoms with van der Waals surface area (Å²) in [6.45, 7) is -0.0695. The van der Waals surface area contributed by atoms with E-state index in [1.807, 2.05) is 0 Å². The molecule has 0 fully saturated rings. The first-order chi connectivity index (χ1) is 11.4. The van der Waals surface area contributed by atoms with Gasteiger partial charge in [0, 0.05) is 36.0 Å². The maximum atomic E-state index is 10.7. The van der Waals surface area contributed by atoms with Crippen LogP contribution in [0, 0.1) is 20.2 Å². The molecule has 2 aromatic carbocycles.